The van der Waals surface area contributed by atoms with E-state index in [2.05, 4.69) is 5.10 Å². The van der Waals surface area contributed by atoms with Crippen LogP contribution in [-0.2, 0) is 27.7 Å². The van der Waals surface area contributed by atoms with E-state index < -0.39 is 16.0 Å². The summed E-state index contributed by atoms with van der Waals surface area (Å²) >= 11 is 0. The van der Waals surface area contributed by atoms with Crippen molar-refractivity contribution in [2.75, 3.05) is 20.3 Å². The van der Waals surface area contributed by atoms with Crippen LogP contribution in [0.2, 0.25) is 0 Å². The van der Waals surface area contributed by atoms with Gasteiger partial charge >= 0.3 is 5.97 Å². The Hall–Kier alpha value is -3.17. The van der Waals surface area contributed by atoms with Crippen molar-refractivity contribution in [1.82, 2.24) is 14.1 Å². The van der Waals surface area contributed by atoms with E-state index in [1.807, 2.05) is 31.2 Å². The number of aromatic nitrogens is 2. The first-order chi connectivity index (χ1) is 15.3. The fourth-order valence-electron chi connectivity index (χ4n) is 3.76. The number of hydrogen-bond acceptors (Lipinski definition) is 6. The molecule has 0 saturated heterocycles. The maximum Gasteiger partial charge on any atom is 0.359 e. The fraction of sp³-hybridized carbons (Fsp3) is 0.304. The Morgan fingerprint density at radius 3 is 2.41 bits per heavy atom. The third kappa shape index (κ3) is 4.01. The van der Waals surface area contributed by atoms with Crippen LogP contribution < -0.4 is 4.74 Å². The maximum absolute atomic E-state index is 13.2. The van der Waals surface area contributed by atoms with E-state index in [0.717, 1.165) is 16.9 Å². The molecule has 4 rings (SSSR count). The summed E-state index contributed by atoms with van der Waals surface area (Å²) in [5.41, 5.74) is 3.25. The van der Waals surface area contributed by atoms with Gasteiger partial charge in [-0.15, -0.1) is 0 Å². The van der Waals surface area contributed by atoms with Gasteiger partial charge < -0.3 is 9.47 Å². The van der Waals surface area contributed by atoms with E-state index in [1.165, 1.54) is 4.31 Å². The molecule has 168 valence electrons. The summed E-state index contributed by atoms with van der Waals surface area (Å²) in [7, 11) is -2.12. The predicted molar refractivity (Wildman–Crippen MR) is 119 cm³/mol. The zero-order valence-electron chi connectivity index (χ0n) is 18.2. The molecule has 0 spiro atoms. The number of fused-ring (bicyclic) bond motifs is 1. The molecule has 1 aliphatic heterocycles. The molecular formula is C23H25N3O5S. The van der Waals surface area contributed by atoms with E-state index in [9.17, 15) is 13.2 Å². The Morgan fingerprint density at radius 1 is 1.09 bits per heavy atom. The van der Waals surface area contributed by atoms with Gasteiger partial charge in [0.15, 0.2) is 5.69 Å². The Balaban J connectivity index is 1.75. The van der Waals surface area contributed by atoms with Crippen LogP contribution in [0.3, 0.4) is 0 Å². The second-order valence-electron chi connectivity index (χ2n) is 7.51. The van der Waals surface area contributed by atoms with E-state index >= 15 is 0 Å². The summed E-state index contributed by atoms with van der Waals surface area (Å²) in [5.74, 6) is 0.140. The van der Waals surface area contributed by atoms with Crippen molar-refractivity contribution in [3.8, 4) is 11.4 Å². The molecule has 2 aromatic carbocycles. The topological polar surface area (TPSA) is 90.7 Å². The normalized spacial score (nSPS) is 14.1. The first-order valence-electron chi connectivity index (χ1n) is 10.3. The zero-order chi connectivity index (χ0) is 22.9. The number of carbonyl (C=O) groups is 1. The molecule has 1 aliphatic rings. The lowest BCUT2D eigenvalue weighted by molar-refractivity contribution is 0.0517. The van der Waals surface area contributed by atoms with Gasteiger partial charge in [0.05, 0.1) is 30.0 Å². The van der Waals surface area contributed by atoms with Crippen LogP contribution in [0.15, 0.2) is 53.4 Å². The monoisotopic (exact) mass is 455 g/mol. The molecule has 2 heterocycles. The molecule has 8 nitrogen and oxygen atoms in total. The van der Waals surface area contributed by atoms with Gasteiger partial charge in [-0.25, -0.2) is 17.9 Å². The number of hydrogen-bond donors (Lipinski definition) is 0. The van der Waals surface area contributed by atoms with Gasteiger partial charge in [-0.1, -0.05) is 17.7 Å². The van der Waals surface area contributed by atoms with Crippen LogP contribution in [-0.4, -0.2) is 48.7 Å². The standard InChI is InChI=1S/C23H25N3O5S/c1-4-31-23(27)22-20-15-25(32(28,29)19-11-5-16(2)6-12-19)14-13-21(20)26(24-22)17-7-9-18(30-3)10-8-17/h5-12H,4,13-15H2,1-3H3. The highest BCUT2D eigenvalue weighted by Crippen LogP contribution is 2.30. The SMILES string of the molecule is CCOC(=O)c1nn(-c2ccc(OC)cc2)c2c1CN(S(=O)(=O)c1ccc(C)cc1)CC2. The maximum atomic E-state index is 13.2. The van der Waals surface area contributed by atoms with E-state index in [0.29, 0.717) is 17.7 Å². The average Bonchev–Trinajstić information content (AvgIpc) is 3.18. The van der Waals surface area contributed by atoms with Gasteiger partial charge in [0.25, 0.3) is 0 Å². The highest BCUT2D eigenvalue weighted by molar-refractivity contribution is 7.89. The van der Waals surface area contributed by atoms with Gasteiger partial charge in [0.2, 0.25) is 10.0 Å². The zero-order valence-corrected chi connectivity index (χ0v) is 19.1. The van der Waals surface area contributed by atoms with Crippen molar-refractivity contribution in [3.05, 3.63) is 71.0 Å². The molecule has 0 saturated carbocycles. The number of ether oxygens (including phenoxy) is 2. The average molecular weight is 456 g/mol. The van der Waals surface area contributed by atoms with Crippen LogP contribution in [0, 0.1) is 6.92 Å². The van der Waals surface area contributed by atoms with Gasteiger partial charge in [-0.2, -0.15) is 9.40 Å². The minimum absolute atomic E-state index is 0.0514. The number of aryl methyl sites for hydroxylation is 1. The summed E-state index contributed by atoms with van der Waals surface area (Å²) < 4.78 is 40.0. The Bertz CT molecular complexity index is 1230. The Kier molecular flexibility index (Phi) is 6.03. The largest absolute Gasteiger partial charge is 0.497 e. The molecule has 0 fully saturated rings. The number of nitrogens with zero attached hydrogens (tertiary/aromatic N) is 3. The third-order valence-corrected chi connectivity index (χ3v) is 7.33. The van der Waals surface area contributed by atoms with E-state index in [1.54, 1.807) is 43.0 Å². The minimum Gasteiger partial charge on any atom is -0.497 e. The predicted octanol–water partition coefficient (Wildman–Crippen LogP) is 3.11. The summed E-state index contributed by atoms with van der Waals surface area (Å²) in [6.07, 6.45) is 0.416. The quantitative estimate of drug-likeness (QED) is 0.531. The Morgan fingerprint density at radius 2 is 1.78 bits per heavy atom. The molecule has 0 atom stereocenters. The number of benzene rings is 2. The lowest BCUT2D eigenvalue weighted by atomic mass is 10.1. The molecule has 0 unspecified atom stereocenters. The Labute approximate surface area is 187 Å². The molecule has 0 aliphatic carbocycles. The second-order valence-corrected chi connectivity index (χ2v) is 9.44. The van der Waals surface area contributed by atoms with Gasteiger partial charge in [-0.05, 0) is 50.2 Å². The van der Waals surface area contributed by atoms with Crippen LogP contribution in [0.1, 0.15) is 34.2 Å². The van der Waals surface area contributed by atoms with Crippen LogP contribution in [0.4, 0.5) is 0 Å². The van der Waals surface area contributed by atoms with E-state index in [4.69, 9.17) is 9.47 Å². The molecule has 9 heteroatoms. The van der Waals surface area contributed by atoms with E-state index in [-0.39, 0.29) is 30.3 Å². The lowest BCUT2D eigenvalue weighted by Crippen LogP contribution is -2.36. The molecule has 0 bridgehead atoms. The molecular weight excluding hydrogens is 430 g/mol. The summed E-state index contributed by atoms with van der Waals surface area (Å²) in [4.78, 5) is 12.9. The van der Waals surface area contributed by atoms with Crippen molar-refractivity contribution in [2.45, 2.75) is 31.7 Å². The first kappa shape index (κ1) is 22.0. The number of carbonyl (C=O) groups excluding carboxylic acids is 1. The number of rotatable bonds is 6. The summed E-state index contributed by atoms with van der Waals surface area (Å²) in [6.45, 7) is 4.17. The van der Waals surface area contributed by atoms with Crippen molar-refractivity contribution in [3.63, 3.8) is 0 Å². The van der Waals surface area contributed by atoms with Crippen molar-refractivity contribution in [1.29, 1.82) is 0 Å². The summed E-state index contributed by atoms with van der Waals surface area (Å²) in [6, 6.07) is 14.1. The fourth-order valence-corrected chi connectivity index (χ4v) is 5.17. The third-order valence-electron chi connectivity index (χ3n) is 5.47. The highest BCUT2D eigenvalue weighted by Gasteiger charge is 2.34. The molecule has 0 radical (unpaired) electrons. The summed E-state index contributed by atoms with van der Waals surface area (Å²) in [5, 5.41) is 4.52. The second kappa shape index (κ2) is 8.76. The van der Waals surface area contributed by atoms with Crippen LogP contribution >= 0.6 is 0 Å². The van der Waals surface area contributed by atoms with Gasteiger partial charge in [-0.3, -0.25) is 0 Å². The highest BCUT2D eigenvalue weighted by atomic mass is 32.2. The van der Waals surface area contributed by atoms with Crippen LogP contribution in [0.5, 0.6) is 5.75 Å². The van der Waals surface area contributed by atoms with Crippen molar-refractivity contribution < 1.29 is 22.7 Å². The van der Waals surface area contributed by atoms with Crippen molar-refractivity contribution >= 4 is 16.0 Å². The molecule has 0 N–H and O–H groups in total. The smallest absolute Gasteiger partial charge is 0.359 e. The number of esters is 1. The molecule has 3 aromatic rings. The van der Waals surface area contributed by atoms with Gasteiger partial charge in [0, 0.05) is 25.1 Å². The lowest BCUT2D eigenvalue weighted by Gasteiger charge is -2.27. The molecule has 1 aromatic heterocycles. The first-order valence-corrected chi connectivity index (χ1v) is 11.8. The minimum atomic E-state index is -3.71. The number of methoxy groups -OCH3 is 1. The number of sulfonamides is 1. The van der Waals surface area contributed by atoms with Gasteiger partial charge in [0.1, 0.15) is 5.75 Å². The van der Waals surface area contributed by atoms with Crippen LogP contribution in [0.25, 0.3) is 5.69 Å². The molecule has 0 amide bonds. The molecule has 32 heavy (non-hydrogen) atoms. The van der Waals surface area contributed by atoms with Crippen molar-refractivity contribution in [2.24, 2.45) is 0 Å².